The van der Waals surface area contributed by atoms with Crippen molar-refractivity contribution in [3.8, 4) is 11.8 Å². The lowest BCUT2D eigenvalue weighted by molar-refractivity contribution is 0.100. The highest BCUT2D eigenvalue weighted by atomic mass is 35.5. The Morgan fingerprint density at radius 2 is 2.12 bits per heavy atom. The molecule has 0 spiro atoms. The van der Waals surface area contributed by atoms with Gasteiger partial charge in [-0.3, -0.25) is 0 Å². The number of benzene rings is 1. The minimum Gasteiger partial charge on any atom is -0.490 e. The van der Waals surface area contributed by atoms with Gasteiger partial charge in [0.05, 0.1) is 12.2 Å². The molecule has 0 heterocycles. The summed E-state index contributed by atoms with van der Waals surface area (Å²) in [7, 11) is 0. The molecule has 1 aromatic rings. The van der Waals surface area contributed by atoms with Crippen molar-refractivity contribution in [2.75, 3.05) is 19.8 Å². The lowest BCUT2D eigenvalue weighted by atomic mass is 10.2. The van der Waals surface area contributed by atoms with E-state index in [0.29, 0.717) is 29.5 Å². The van der Waals surface area contributed by atoms with Gasteiger partial charge in [0, 0.05) is 11.6 Å². The van der Waals surface area contributed by atoms with E-state index < -0.39 is 0 Å². The fourth-order valence-corrected chi connectivity index (χ4v) is 1.34. The largest absolute Gasteiger partial charge is 0.490 e. The zero-order valence-corrected chi connectivity index (χ0v) is 9.96. The third kappa shape index (κ3) is 4.09. The highest BCUT2D eigenvalue weighted by Gasteiger charge is 2.03. The molecule has 0 saturated heterocycles. The molecule has 4 heteroatoms. The van der Waals surface area contributed by atoms with Crippen LogP contribution in [0.15, 0.2) is 18.2 Å². The Bertz CT molecular complexity index is 374. The van der Waals surface area contributed by atoms with Crippen LogP contribution in [-0.2, 0) is 4.74 Å². The summed E-state index contributed by atoms with van der Waals surface area (Å²) in [5.74, 6) is 0.548. The van der Waals surface area contributed by atoms with Crippen LogP contribution >= 0.6 is 11.6 Å². The van der Waals surface area contributed by atoms with Crippen molar-refractivity contribution in [3.63, 3.8) is 0 Å². The first-order chi connectivity index (χ1) is 7.77. The van der Waals surface area contributed by atoms with E-state index in [1.165, 1.54) is 0 Å². The summed E-state index contributed by atoms with van der Waals surface area (Å²) in [6.45, 7) is 3.75. The van der Waals surface area contributed by atoms with Gasteiger partial charge < -0.3 is 9.47 Å². The van der Waals surface area contributed by atoms with Crippen LogP contribution in [-0.4, -0.2) is 19.8 Å². The van der Waals surface area contributed by atoms with Crippen LogP contribution in [0.5, 0.6) is 5.75 Å². The van der Waals surface area contributed by atoms with E-state index in [9.17, 15) is 0 Å². The van der Waals surface area contributed by atoms with Crippen molar-refractivity contribution < 1.29 is 9.47 Å². The van der Waals surface area contributed by atoms with Gasteiger partial charge in [-0.1, -0.05) is 18.5 Å². The average Bonchev–Trinajstić information content (AvgIpc) is 2.30. The molecule has 1 aromatic carbocycles. The molecule has 0 aliphatic carbocycles. The number of hydrogen-bond acceptors (Lipinski definition) is 3. The zero-order valence-electron chi connectivity index (χ0n) is 9.20. The topological polar surface area (TPSA) is 42.2 Å². The number of nitriles is 1. The third-order valence-electron chi connectivity index (χ3n) is 1.90. The Morgan fingerprint density at radius 3 is 2.81 bits per heavy atom. The summed E-state index contributed by atoms with van der Waals surface area (Å²) in [5.41, 5.74) is 0.447. The van der Waals surface area contributed by atoms with Crippen LogP contribution in [0.3, 0.4) is 0 Å². The van der Waals surface area contributed by atoms with Gasteiger partial charge in [0.2, 0.25) is 0 Å². The van der Waals surface area contributed by atoms with Crippen LogP contribution in [0, 0.1) is 11.3 Å². The summed E-state index contributed by atoms with van der Waals surface area (Å²) >= 11 is 5.77. The van der Waals surface area contributed by atoms with Gasteiger partial charge in [-0.05, 0) is 24.6 Å². The van der Waals surface area contributed by atoms with E-state index >= 15 is 0 Å². The molecule has 0 radical (unpaired) electrons. The van der Waals surface area contributed by atoms with E-state index in [0.717, 1.165) is 13.0 Å². The van der Waals surface area contributed by atoms with Crippen molar-refractivity contribution in [3.05, 3.63) is 28.8 Å². The van der Waals surface area contributed by atoms with Gasteiger partial charge in [0.25, 0.3) is 0 Å². The molecule has 1 rings (SSSR count). The van der Waals surface area contributed by atoms with E-state index in [1.807, 2.05) is 13.0 Å². The smallest absolute Gasteiger partial charge is 0.137 e. The lowest BCUT2D eigenvalue weighted by Gasteiger charge is -2.08. The van der Waals surface area contributed by atoms with E-state index in [2.05, 4.69) is 0 Å². The minimum absolute atomic E-state index is 0.441. The number of hydrogen-bond donors (Lipinski definition) is 0. The normalized spacial score (nSPS) is 9.81. The number of halogens is 1. The van der Waals surface area contributed by atoms with Crippen molar-refractivity contribution in [1.82, 2.24) is 0 Å². The quantitative estimate of drug-likeness (QED) is 0.717. The lowest BCUT2D eigenvalue weighted by Crippen LogP contribution is -2.07. The zero-order chi connectivity index (χ0) is 11.8. The molecule has 0 bridgehead atoms. The van der Waals surface area contributed by atoms with Gasteiger partial charge >= 0.3 is 0 Å². The van der Waals surface area contributed by atoms with E-state index in [1.54, 1.807) is 18.2 Å². The molecule has 0 atom stereocenters. The Hall–Kier alpha value is -1.24. The Morgan fingerprint density at radius 1 is 1.31 bits per heavy atom. The monoisotopic (exact) mass is 239 g/mol. The Kier molecular flexibility index (Phi) is 5.69. The predicted octanol–water partition coefficient (Wildman–Crippen LogP) is 3.02. The fourth-order valence-electron chi connectivity index (χ4n) is 1.17. The molecule has 0 aliphatic rings. The second-order valence-electron chi connectivity index (χ2n) is 3.21. The second-order valence-corrected chi connectivity index (χ2v) is 3.65. The highest BCUT2D eigenvalue weighted by Crippen LogP contribution is 2.21. The van der Waals surface area contributed by atoms with Crippen molar-refractivity contribution in [1.29, 1.82) is 5.26 Å². The number of rotatable bonds is 6. The predicted molar refractivity (Wildman–Crippen MR) is 62.8 cm³/mol. The average molecular weight is 240 g/mol. The van der Waals surface area contributed by atoms with Gasteiger partial charge in [0.15, 0.2) is 0 Å². The molecule has 0 aliphatic heterocycles. The Balaban J connectivity index is 2.45. The maximum Gasteiger partial charge on any atom is 0.137 e. The summed E-state index contributed by atoms with van der Waals surface area (Å²) < 4.78 is 10.7. The van der Waals surface area contributed by atoms with Gasteiger partial charge in [-0.2, -0.15) is 5.26 Å². The molecule has 16 heavy (non-hydrogen) atoms. The van der Waals surface area contributed by atoms with E-state index in [-0.39, 0.29) is 0 Å². The minimum atomic E-state index is 0.441. The summed E-state index contributed by atoms with van der Waals surface area (Å²) in [4.78, 5) is 0. The van der Waals surface area contributed by atoms with Crippen LogP contribution in [0.4, 0.5) is 0 Å². The first-order valence-corrected chi connectivity index (χ1v) is 5.56. The van der Waals surface area contributed by atoms with Crippen LogP contribution in [0.2, 0.25) is 5.02 Å². The highest BCUT2D eigenvalue weighted by molar-refractivity contribution is 6.30. The van der Waals surface area contributed by atoms with Crippen molar-refractivity contribution >= 4 is 11.6 Å². The SMILES string of the molecule is CCCOCCOc1ccc(Cl)cc1C#N. The molecule has 0 aromatic heterocycles. The molecular weight excluding hydrogens is 226 g/mol. The van der Waals surface area contributed by atoms with Crippen LogP contribution in [0.25, 0.3) is 0 Å². The molecule has 0 N–H and O–H groups in total. The first kappa shape index (κ1) is 12.8. The second kappa shape index (κ2) is 7.10. The van der Waals surface area contributed by atoms with E-state index in [4.69, 9.17) is 26.3 Å². The van der Waals surface area contributed by atoms with Gasteiger partial charge in [0.1, 0.15) is 18.4 Å². The maximum absolute atomic E-state index is 8.86. The van der Waals surface area contributed by atoms with Crippen LogP contribution < -0.4 is 4.74 Å². The third-order valence-corrected chi connectivity index (χ3v) is 2.13. The van der Waals surface area contributed by atoms with Crippen LogP contribution in [0.1, 0.15) is 18.9 Å². The molecule has 3 nitrogen and oxygen atoms in total. The molecule has 0 amide bonds. The molecule has 0 unspecified atom stereocenters. The molecule has 0 fully saturated rings. The molecule has 86 valence electrons. The van der Waals surface area contributed by atoms with Crippen molar-refractivity contribution in [2.24, 2.45) is 0 Å². The standard InChI is InChI=1S/C12H14ClNO2/c1-2-5-15-6-7-16-12-4-3-11(13)8-10(12)9-14/h3-4,8H,2,5-7H2,1H3. The van der Waals surface area contributed by atoms with Gasteiger partial charge in [-0.15, -0.1) is 0 Å². The van der Waals surface area contributed by atoms with Crippen molar-refractivity contribution in [2.45, 2.75) is 13.3 Å². The molecule has 0 saturated carbocycles. The number of ether oxygens (including phenoxy) is 2. The number of nitrogens with zero attached hydrogens (tertiary/aromatic N) is 1. The molecular formula is C12H14ClNO2. The maximum atomic E-state index is 8.86. The summed E-state index contributed by atoms with van der Waals surface area (Å²) in [5, 5.41) is 9.40. The summed E-state index contributed by atoms with van der Waals surface area (Å²) in [6, 6.07) is 7.02. The fraction of sp³-hybridized carbons (Fsp3) is 0.417. The first-order valence-electron chi connectivity index (χ1n) is 5.18. The van der Waals surface area contributed by atoms with Gasteiger partial charge in [-0.25, -0.2) is 0 Å². The Labute approximate surface area is 101 Å². The summed E-state index contributed by atoms with van der Waals surface area (Å²) in [6.07, 6.45) is 0.990.